The molecule has 2 N–H and O–H groups in total. The monoisotopic (exact) mass is 344 g/mol. The van der Waals surface area contributed by atoms with Crippen LogP contribution in [0.25, 0.3) is 10.9 Å². The Morgan fingerprint density at radius 2 is 2.00 bits per heavy atom. The normalized spacial score (nSPS) is 13.0. The molecule has 1 aromatic heterocycles. The number of carbonyl (C=O) groups is 2. The third-order valence-electron chi connectivity index (χ3n) is 3.54. The van der Waals surface area contributed by atoms with Gasteiger partial charge in [-0.2, -0.15) is 13.2 Å². The van der Waals surface area contributed by atoms with Crippen LogP contribution in [0, 0.1) is 0 Å². The van der Waals surface area contributed by atoms with E-state index in [1.807, 2.05) is 0 Å². The first-order valence-corrected chi connectivity index (χ1v) is 6.84. The van der Waals surface area contributed by atoms with Crippen LogP contribution in [0.5, 0.6) is 0 Å². The summed E-state index contributed by atoms with van der Waals surface area (Å²) >= 11 is 0. The summed E-state index contributed by atoms with van der Waals surface area (Å²) in [6, 6.07) is 3.15. The van der Waals surface area contributed by atoms with Crippen LogP contribution >= 0.6 is 0 Å². The fourth-order valence-corrected chi connectivity index (χ4v) is 2.32. The van der Waals surface area contributed by atoms with E-state index < -0.39 is 29.7 Å². The van der Waals surface area contributed by atoms with Crippen molar-refractivity contribution in [2.45, 2.75) is 12.2 Å². The van der Waals surface area contributed by atoms with Gasteiger partial charge in [-0.05, 0) is 24.3 Å². The molecule has 0 bridgehead atoms. The number of ether oxygens (including phenoxy) is 1. The maximum atomic E-state index is 12.8. The average molecular weight is 344 g/mol. The maximum absolute atomic E-state index is 12.8. The summed E-state index contributed by atoms with van der Waals surface area (Å²) in [5, 5.41) is 11.5. The van der Waals surface area contributed by atoms with Crippen molar-refractivity contribution < 1.29 is 32.6 Å². The van der Waals surface area contributed by atoms with E-state index in [0.29, 0.717) is 5.52 Å². The Morgan fingerprint density at radius 1 is 1.33 bits per heavy atom. The number of hydrogen-bond acceptors (Lipinski definition) is 3. The molecule has 1 heterocycles. The topological polar surface area (TPSA) is 80.6 Å². The van der Waals surface area contributed by atoms with Gasteiger partial charge in [0, 0.05) is 25.1 Å². The molecule has 0 radical (unpaired) electrons. The smallest absolute Gasteiger partial charge is 0.416 e. The minimum atomic E-state index is -4.49. The molecule has 6 nitrogen and oxygen atoms in total. The number of nitrogens with zero attached hydrogens (tertiary/aromatic N) is 1. The second kappa shape index (κ2) is 6.52. The average Bonchev–Trinajstić information content (AvgIpc) is 2.82. The molecule has 0 aliphatic carbocycles. The number of halogens is 3. The van der Waals surface area contributed by atoms with Crippen LogP contribution in [-0.2, 0) is 22.8 Å². The van der Waals surface area contributed by atoms with E-state index in [4.69, 9.17) is 9.84 Å². The van der Waals surface area contributed by atoms with Crippen molar-refractivity contribution in [2.24, 2.45) is 7.05 Å². The summed E-state index contributed by atoms with van der Waals surface area (Å²) in [6.45, 7) is -0.233. The highest BCUT2D eigenvalue weighted by Gasteiger charge is 2.31. The Hall–Kier alpha value is -2.55. The molecule has 1 unspecified atom stereocenters. The molecular formula is C15H15F3N2O4. The Morgan fingerprint density at radius 3 is 2.54 bits per heavy atom. The van der Waals surface area contributed by atoms with Gasteiger partial charge in [-0.25, -0.2) is 4.79 Å². The van der Waals surface area contributed by atoms with Crippen LogP contribution in [0.4, 0.5) is 13.2 Å². The fraction of sp³-hybridized carbons (Fsp3) is 0.333. The van der Waals surface area contributed by atoms with Gasteiger partial charge in [0.1, 0.15) is 5.69 Å². The van der Waals surface area contributed by atoms with Crippen LogP contribution in [0.2, 0.25) is 0 Å². The van der Waals surface area contributed by atoms with Crippen molar-refractivity contribution in [3.05, 3.63) is 35.5 Å². The number of methoxy groups -OCH3 is 1. The molecule has 0 fully saturated rings. The molecule has 2 aromatic rings. The van der Waals surface area contributed by atoms with Crippen LogP contribution in [-0.4, -0.2) is 41.3 Å². The minimum Gasteiger partial charge on any atom is -0.480 e. The van der Waals surface area contributed by atoms with Crippen LogP contribution in [0.1, 0.15) is 16.1 Å². The van der Waals surface area contributed by atoms with E-state index in [9.17, 15) is 22.8 Å². The second-order valence-electron chi connectivity index (χ2n) is 5.18. The molecule has 9 heteroatoms. The zero-order chi connectivity index (χ0) is 18.1. The molecule has 0 aliphatic heterocycles. The molecule has 1 atom stereocenters. The van der Waals surface area contributed by atoms with Gasteiger partial charge >= 0.3 is 12.1 Å². The maximum Gasteiger partial charge on any atom is 0.416 e. The van der Waals surface area contributed by atoms with Crippen molar-refractivity contribution in [1.29, 1.82) is 0 Å². The molecule has 130 valence electrons. The number of hydrogen-bond donors (Lipinski definition) is 2. The van der Waals surface area contributed by atoms with Gasteiger partial charge in [-0.3, -0.25) is 4.79 Å². The van der Waals surface area contributed by atoms with E-state index in [0.717, 1.165) is 12.1 Å². The van der Waals surface area contributed by atoms with Crippen molar-refractivity contribution in [2.75, 3.05) is 13.7 Å². The lowest BCUT2D eigenvalue weighted by Crippen LogP contribution is -2.44. The number of carboxylic acids is 1. The van der Waals surface area contributed by atoms with Gasteiger partial charge in [0.25, 0.3) is 5.91 Å². The fourth-order valence-electron chi connectivity index (χ4n) is 2.32. The number of fused-ring (bicyclic) bond motifs is 1. The predicted octanol–water partition coefficient (Wildman–Crippen LogP) is 2.03. The summed E-state index contributed by atoms with van der Waals surface area (Å²) < 4.78 is 44.4. The summed E-state index contributed by atoms with van der Waals surface area (Å²) in [7, 11) is 2.80. The van der Waals surface area contributed by atoms with E-state index in [1.165, 1.54) is 30.9 Å². The Balaban J connectivity index is 2.36. The first-order valence-electron chi connectivity index (χ1n) is 6.84. The highest BCUT2D eigenvalue weighted by atomic mass is 19.4. The molecule has 2 rings (SSSR count). The van der Waals surface area contributed by atoms with E-state index in [2.05, 4.69) is 5.32 Å². The number of aromatic nitrogens is 1. The lowest BCUT2D eigenvalue weighted by atomic mass is 10.1. The summed E-state index contributed by atoms with van der Waals surface area (Å²) in [6.07, 6.45) is -4.49. The zero-order valence-electron chi connectivity index (χ0n) is 12.8. The Kier molecular flexibility index (Phi) is 4.83. The quantitative estimate of drug-likeness (QED) is 0.870. The van der Waals surface area contributed by atoms with Crippen molar-refractivity contribution in [3.8, 4) is 0 Å². The number of amides is 1. The number of carboxylic acid groups (broad SMARTS) is 1. The molecule has 0 spiro atoms. The zero-order valence-corrected chi connectivity index (χ0v) is 12.8. The number of aryl methyl sites for hydroxylation is 1. The number of benzene rings is 1. The second-order valence-corrected chi connectivity index (χ2v) is 5.18. The van der Waals surface area contributed by atoms with E-state index in [-0.39, 0.29) is 17.7 Å². The van der Waals surface area contributed by atoms with Gasteiger partial charge < -0.3 is 19.7 Å². The van der Waals surface area contributed by atoms with Crippen LogP contribution in [0.15, 0.2) is 24.3 Å². The number of aliphatic carboxylic acids is 1. The summed E-state index contributed by atoms with van der Waals surface area (Å²) in [4.78, 5) is 23.3. The Labute approximate surface area is 134 Å². The minimum absolute atomic E-state index is 0.0478. The summed E-state index contributed by atoms with van der Waals surface area (Å²) in [5.41, 5.74) is -0.353. The van der Waals surface area contributed by atoms with Gasteiger partial charge in [0.2, 0.25) is 0 Å². The van der Waals surface area contributed by atoms with Crippen molar-refractivity contribution >= 4 is 22.8 Å². The highest BCUT2D eigenvalue weighted by Crippen LogP contribution is 2.32. The Bertz CT molecular complexity index is 783. The molecule has 0 aliphatic rings. The molecule has 24 heavy (non-hydrogen) atoms. The van der Waals surface area contributed by atoms with Crippen molar-refractivity contribution in [3.63, 3.8) is 0 Å². The van der Waals surface area contributed by atoms with E-state index in [1.54, 1.807) is 0 Å². The van der Waals surface area contributed by atoms with Crippen LogP contribution in [0.3, 0.4) is 0 Å². The first kappa shape index (κ1) is 17.8. The first-order chi connectivity index (χ1) is 11.1. The van der Waals surface area contributed by atoms with Gasteiger partial charge in [-0.1, -0.05) is 0 Å². The lowest BCUT2D eigenvalue weighted by Gasteiger charge is -2.13. The van der Waals surface area contributed by atoms with Crippen molar-refractivity contribution in [1.82, 2.24) is 9.88 Å². The molecule has 1 aromatic carbocycles. The largest absolute Gasteiger partial charge is 0.480 e. The van der Waals surface area contributed by atoms with E-state index >= 15 is 0 Å². The summed E-state index contributed by atoms with van der Waals surface area (Å²) in [5.74, 6) is -1.99. The lowest BCUT2D eigenvalue weighted by molar-refractivity contribution is -0.140. The molecule has 0 saturated carbocycles. The standard InChI is InChI=1S/C15H15F3N2O4/c1-20-11-4-3-9(15(16,17)18)5-8(11)6-12(20)13(21)19-10(7-24-2)14(22)23/h3-6,10H,7H2,1-2H3,(H,19,21)(H,22,23). The third-order valence-corrected chi connectivity index (χ3v) is 3.54. The molecule has 1 amide bonds. The predicted molar refractivity (Wildman–Crippen MR) is 78.7 cm³/mol. The number of rotatable bonds is 5. The highest BCUT2D eigenvalue weighted by molar-refractivity contribution is 6.00. The SMILES string of the molecule is COCC(NC(=O)c1cc2cc(C(F)(F)F)ccc2n1C)C(=O)O. The van der Waals surface area contributed by atoms with Crippen LogP contribution < -0.4 is 5.32 Å². The molecular weight excluding hydrogens is 329 g/mol. The number of carbonyl (C=O) groups excluding carboxylic acids is 1. The number of nitrogens with one attached hydrogen (secondary N) is 1. The van der Waals surface area contributed by atoms with Gasteiger partial charge in [0.05, 0.1) is 12.2 Å². The molecule has 0 saturated heterocycles. The van der Waals surface area contributed by atoms with Gasteiger partial charge in [-0.15, -0.1) is 0 Å². The third kappa shape index (κ3) is 3.51. The van der Waals surface area contributed by atoms with Gasteiger partial charge in [0.15, 0.2) is 6.04 Å². The number of alkyl halides is 3.